The normalized spacial score (nSPS) is 13.9. The molecule has 1 rings (SSSR count). The second-order valence-corrected chi connectivity index (χ2v) is 10.5. The maximum Gasteiger partial charge on any atom is 0.129 e. The second-order valence-electron chi connectivity index (χ2n) is 10.5. The van der Waals surface area contributed by atoms with E-state index < -0.39 is 0 Å². The topological polar surface area (TPSA) is 83.0 Å². The van der Waals surface area contributed by atoms with Crippen molar-refractivity contribution in [3.05, 3.63) is 11.9 Å². The molecule has 0 amide bonds. The number of carbonyl (C=O) groups excluding carboxylic acids is 1. The molecule has 1 heterocycles. The lowest BCUT2D eigenvalue weighted by Gasteiger charge is -2.31. The van der Waals surface area contributed by atoms with Gasteiger partial charge in [0.1, 0.15) is 5.78 Å². The van der Waals surface area contributed by atoms with Gasteiger partial charge in [0.25, 0.3) is 0 Å². The molecule has 0 atom stereocenters. The minimum Gasteiger partial charge on any atom is -0.375 e. The predicted molar refractivity (Wildman–Crippen MR) is 110 cm³/mol. The Hall–Kier alpha value is -1.27. The van der Waals surface area contributed by atoms with Crippen LogP contribution in [0.15, 0.2) is 6.20 Å². The Morgan fingerprint density at radius 3 is 2.22 bits per heavy atom. The number of hydrogen-bond acceptors (Lipinski definition) is 5. The monoisotopic (exact) mass is 380 g/mol. The van der Waals surface area contributed by atoms with E-state index in [0.717, 1.165) is 25.0 Å². The van der Waals surface area contributed by atoms with Gasteiger partial charge in [-0.1, -0.05) is 19.1 Å². The third-order valence-electron chi connectivity index (χ3n) is 4.99. The van der Waals surface area contributed by atoms with Crippen molar-refractivity contribution in [3.63, 3.8) is 0 Å². The summed E-state index contributed by atoms with van der Waals surface area (Å²) in [5, 5.41) is 8.81. The molecular formula is C21H40N4O2. The number of nitrogens with two attached hydrogens (primary N) is 1. The molecule has 6 heteroatoms. The Labute approximate surface area is 165 Å². The lowest BCUT2D eigenvalue weighted by Crippen LogP contribution is -2.39. The number of Topliss-reactive ketones (excluding diaryl/α,β-unsaturated/α-hetero) is 1. The van der Waals surface area contributed by atoms with E-state index in [2.05, 4.69) is 38.0 Å². The van der Waals surface area contributed by atoms with Gasteiger partial charge in [-0.25, -0.2) is 4.68 Å². The van der Waals surface area contributed by atoms with Crippen LogP contribution in [0.1, 0.15) is 93.7 Å². The number of ketones is 1. The molecule has 6 nitrogen and oxygen atoms in total. The Morgan fingerprint density at radius 1 is 1.11 bits per heavy atom. The van der Waals surface area contributed by atoms with Crippen LogP contribution in [0.3, 0.4) is 0 Å². The van der Waals surface area contributed by atoms with E-state index in [-0.39, 0.29) is 27.9 Å². The average molecular weight is 381 g/mol. The fourth-order valence-electron chi connectivity index (χ4n) is 3.34. The van der Waals surface area contributed by atoms with Crippen LogP contribution in [0.4, 0.5) is 0 Å². The van der Waals surface area contributed by atoms with E-state index in [1.807, 2.05) is 38.6 Å². The molecule has 2 N–H and O–H groups in total. The van der Waals surface area contributed by atoms with Crippen LogP contribution in [0.5, 0.6) is 0 Å². The highest BCUT2D eigenvalue weighted by atomic mass is 16.5. The first-order chi connectivity index (χ1) is 12.0. The van der Waals surface area contributed by atoms with Crippen molar-refractivity contribution >= 4 is 5.78 Å². The standard InChI is InChI=1S/C21H40N4O2/c1-16(26)10-11-21(8,9)27-13-12-20(6,7)25-14-17(23-24-25)18(2,3)15-19(4,5)22/h14H,10-13,15,22H2,1-9H3. The summed E-state index contributed by atoms with van der Waals surface area (Å²) in [5.74, 6) is 0.199. The van der Waals surface area contributed by atoms with Gasteiger partial charge in [-0.3, -0.25) is 0 Å². The highest BCUT2D eigenvalue weighted by Gasteiger charge is 2.32. The van der Waals surface area contributed by atoms with E-state index in [9.17, 15) is 4.79 Å². The summed E-state index contributed by atoms with van der Waals surface area (Å²) in [5.41, 5.74) is 6.25. The van der Waals surface area contributed by atoms with Crippen LogP contribution >= 0.6 is 0 Å². The maximum absolute atomic E-state index is 11.2. The molecule has 0 saturated carbocycles. The zero-order valence-corrected chi connectivity index (χ0v) is 18.8. The number of aromatic nitrogens is 3. The summed E-state index contributed by atoms with van der Waals surface area (Å²) >= 11 is 0. The van der Waals surface area contributed by atoms with Crippen molar-refractivity contribution < 1.29 is 9.53 Å². The van der Waals surface area contributed by atoms with Gasteiger partial charge in [0.15, 0.2) is 0 Å². The van der Waals surface area contributed by atoms with Crippen LogP contribution in [-0.2, 0) is 20.5 Å². The van der Waals surface area contributed by atoms with Crippen molar-refractivity contribution in [3.8, 4) is 0 Å². The average Bonchev–Trinajstić information content (AvgIpc) is 2.93. The number of ether oxygens (including phenoxy) is 1. The third-order valence-corrected chi connectivity index (χ3v) is 4.99. The molecule has 1 aromatic rings. The van der Waals surface area contributed by atoms with E-state index in [1.165, 1.54) is 0 Å². The molecule has 0 aliphatic heterocycles. The fourth-order valence-corrected chi connectivity index (χ4v) is 3.34. The second kappa shape index (κ2) is 8.39. The molecule has 0 unspecified atom stereocenters. The van der Waals surface area contributed by atoms with Crippen LogP contribution in [0, 0.1) is 0 Å². The molecule has 0 aliphatic rings. The smallest absolute Gasteiger partial charge is 0.129 e. The van der Waals surface area contributed by atoms with Crippen LogP contribution < -0.4 is 5.73 Å². The van der Waals surface area contributed by atoms with E-state index in [1.54, 1.807) is 6.92 Å². The maximum atomic E-state index is 11.2. The molecule has 0 aliphatic carbocycles. The number of carbonyl (C=O) groups is 1. The zero-order valence-electron chi connectivity index (χ0n) is 18.8. The molecule has 156 valence electrons. The van der Waals surface area contributed by atoms with Crippen molar-refractivity contribution in [1.82, 2.24) is 15.0 Å². The van der Waals surface area contributed by atoms with Crippen LogP contribution in [0.25, 0.3) is 0 Å². The highest BCUT2D eigenvalue weighted by molar-refractivity contribution is 5.75. The van der Waals surface area contributed by atoms with E-state index in [0.29, 0.717) is 13.0 Å². The van der Waals surface area contributed by atoms with Gasteiger partial charge < -0.3 is 15.3 Å². The molecular weight excluding hydrogens is 340 g/mol. The third kappa shape index (κ3) is 8.09. The first-order valence-corrected chi connectivity index (χ1v) is 9.90. The molecule has 0 saturated heterocycles. The van der Waals surface area contributed by atoms with Gasteiger partial charge in [-0.15, -0.1) is 5.10 Å². The van der Waals surface area contributed by atoms with Gasteiger partial charge in [-0.05, 0) is 67.7 Å². The lowest BCUT2D eigenvalue weighted by atomic mass is 9.78. The van der Waals surface area contributed by atoms with Crippen LogP contribution in [0.2, 0.25) is 0 Å². The summed E-state index contributed by atoms with van der Waals surface area (Å²) < 4.78 is 7.98. The molecule has 0 spiro atoms. The highest BCUT2D eigenvalue weighted by Crippen LogP contribution is 2.31. The van der Waals surface area contributed by atoms with Gasteiger partial charge in [-0.2, -0.15) is 0 Å². The Morgan fingerprint density at radius 2 is 1.70 bits per heavy atom. The van der Waals surface area contributed by atoms with Crippen molar-refractivity contribution in [2.24, 2.45) is 5.73 Å². The van der Waals surface area contributed by atoms with Crippen molar-refractivity contribution in [1.29, 1.82) is 0 Å². The van der Waals surface area contributed by atoms with Gasteiger partial charge >= 0.3 is 0 Å². The number of rotatable bonds is 11. The Balaban J connectivity index is 2.71. The molecule has 0 radical (unpaired) electrons. The largest absolute Gasteiger partial charge is 0.375 e. The number of nitrogens with zero attached hydrogens (tertiary/aromatic N) is 3. The summed E-state index contributed by atoms with van der Waals surface area (Å²) in [7, 11) is 0. The molecule has 0 fully saturated rings. The SMILES string of the molecule is CC(=O)CCC(C)(C)OCCC(C)(C)n1cc(C(C)(C)CC(C)(C)N)nn1. The Bertz CT molecular complexity index is 624. The summed E-state index contributed by atoms with van der Waals surface area (Å²) in [6.07, 6.45) is 4.95. The molecule has 1 aromatic heterocycles. The summed E-state index contributed by atoms with van der Waals surface area (Å²) in [4.78, 5) is 11.2. The first kappa shape index (κ1) is 23.8. The minimum atomic E-state index is -0.302. The summed E-state index contributed by atoms with van der Waals surface area (Å²) in [6.45, 7) is 19.0. The fraction of sp³-hybridized carbons (Fsp3) is 0.857. The van der Waals surface area contributed by atoms with Gasteiger partial charge in [0.05, 0.1) is 16.8 Å². The lowest BCUT2D eigenvalue weighted by molar-refractivity contribution is -0.119. The summed E-state index contributed by atoms with van der Waals surface area (Å²) in [6, 6.07) is 0. The van der Waals surface area contributed by atoms with Gasteiger partial charge in [0, 0.05) is 30.2 Å². The van der Waals surface area contributed by atoms with Crippen LogP contribution in [-0.4, -0.2) is 38.5 Å². The quantitative estimate of drug-likeness (QED) is 0.628. The molecule has 0 aromatic carbocycles. The predicted octanol–water partition coefficient (Wildman–Crippen LogP) is 3.97. The van der Waals surface area contributed by atoms with E-state index in [4.69, 9.17) is 10.5 Å². The van der Waals surface area contributed by atoms with Crippen molar-refractivity contribution in [2.45, 2.75) is 110 Å². The first-order valence-electron chi connectivity index (χ1n) is 9.90. The van der Waals surface area contributed by atoms with Crippen molar-refractivity contribution in [2.75, 3.05) is 6.61 Å². The van der Waals surface area contributed by atoms with Gasteiger partial charge in [0.2, 0.25) is 0 Å². The number of hydrogen-bond donors (Lipinski definition) is 1. The van der Waals surface area contributed by atoms with E-state index >= 15 is 0 Å². The molecule has 0 bridgehead atoms. The minimum absolute atomic E-state index is 0.141. The Kier molecular flexibility index (Phi) is 7.39. The molecule has 27 heavy (non-hydrogen) atoms. The zero-order chi connectivity index (χ0) is 21.1.